The van der Waals surface area contributed by atoms with Crippen LogP contribution in [0.3, 0.4) is 0 Å². The van der Waals surface area contributed by atoms with Gasteiger partial charge in [0.15, 0.2) is 0 Å². The molecule has 0 aliphatic rings. The zero-order valence-electron chi connectivity index (χ0n) is 11.8. The van der Waals surface area contributed by atoms with Crippen molar-refractivity contribution in [2.24, 2.45) is 0 Å². The lowest BCUT2D eigenvalue weighted by Gasteiger charge is -2.16. The van der Waals surface area contributed by atoms with Crippen molar-refractivity contribution < 1.29 is 10.2 Å². The van der Waals surface area contributed by atoms with Crippen LogP contribution in [0.25, 0.3) is 21.8 Å². The number of aryl methyl sites for hydroxylation is 1. The van der Waals surface area contributed by atoms with Gasteiger partial charge in [-0.1, -0.05) is 24.3 Å². The number of aromatic nitrogens is 1. The van der Waals surface area contributed by atoms with Gasteiger partial charge in [-0.2, -0.15) is 0 Å². The Balaban J connectivity index is 2.24. The molecule has 0 radical (unpaired) electrons. The van der Waals surface area contributed by atoms with Gasteiger partial charge in [0.05, 0.1) is 12.0 Å². The van der Waals surface area contributed by atoms with Crippen molar-refractivity contribution in [3.63, 3.8) is 0 Å². The van der Waals surface area contributed by atoms with E-state index >= 15 is 0 Å². The zero-order valence-corrected chi connectivity index (χ0v) is 12.6. The SMILES string of the molecule is CCn1c2ccccc2c2cc(C(O)C(O)CCl)ccc21. The van der Waals surface area contributed by atoms with Crippen molar-refractivity contribution in [2.75, 3.05) is 5.88 Å². The lowest BCUT2D eigenvalue weighted by Crippen LogP contribution is -2.19. The van der Waals surface area contributed by atoms with Gasteiger partial charge in [0, 0.05) is 28.4 Å². The Bertz CT molecular complexity index is 781. The Labute approximate surface area is 128 Å². The summed E-state index contributed by atoms with van der Waals surface area (Å²) < 4.78 is 2.25. The van der Waals surface area contributed by atoms with Crippen LogP contribution >= 0.6 is 11.6 Å². The monoisotopic (exact) mass is 303 g/mol. The second-order valence-electron chi connectivity index (χ2n) is 5.20. The molecule has 3 rings (SSSR count). The maximum atomic E-state index is 10.1. The molecule has 2 atom stereocenters. The number of rotatable bonds is 4. The first-order valence-electron chi connectivity index (χ1n) is 7.10. The highest BCUT2D eigenvalue weighted by molar-refractivity contribution is 6.18. The summed E-state index contributed by atoms with van der Waals surface area (Å²) in [5, 5.41) is 22.1. The molecular formula is C17H18ClNO2. The third kappa shape index (κ3) is 2.31. The number of aliphatic hydroxyl groups is 2. The minimum absolute atomic E-state index is 0.00984. The highest BCUT2D eigenvalue weighted by Gasteiger charge is 2.19. The molecule has 0 fully saturated rings. The van der Waals surface area contributed by atoms with Crippen LogP contribution in [0.5, 0.6) is 0 Å². The summed E-state index contributed by atoms with van der Waals surface area (Å²) in [5.74, 6) is 0.00984. The molecular weight excluding hydrogens is 286 g/mol. The smallest absolute Gasteiger partial charge is 0.106 e. The molecule has 21 heavy (non-hydrogen) atoms. The van der Waals surface area contributed by atoms with E-state index in [0.29, 0.717) is 5.56 Å². The third-order valence-corrected chi connectivity index (χ3v) is 4.29. The van der Waals surface area contributed by atoms with Gasteiger partial charge in [0.1, 0.15) is 6.10 Å². The fourth-order valence-electron chi connectivity index (χ4n) is 2.90. The molecule has 0 aliphatic carbocycles. The standard InChI is InChI=1S/C17H18ClNO2/c1-2-19-14-6-4-3-5-12(14)13-9-11(7-8-15(13)19)17(21)16(20)10-18/h3-9,16-17,20-21H,2,10H2,1H3. The molecule has 2 N–H and O–H groups in total. The van der Waals surface area contributed by atoms with Crippen molar-refractivity contribution in [3.05, 3.63) is 48.0 Å². The van der Waals surface area contributed by atoms with E-state index in [4.69, 9.17) is 11.6 Å². The van der Waals surface area contributed by atoms with Crippen molar-refractivity contribution in [2.45, 2.75) is 25.7 Å². The minimum atomic E-state index is -0.962. The molecule has 0 bridgehead atoms. The molecule has 3 aromatic rings. The molecule has 0 spiro atoms. The van der Waals surface area contributed by atoms with Crippen LogP contribution in [0.1, 0.15) is 18.6 Å². The van der Waals surface area contributed by atoms with Crippen molar-refractivity contribution in [3.8, 4) is 0 Å². The van der Waals surface area contributed by atoms with E-state index in [-0.39, 0.29) is 5.88 Å². The lowest BCUT2D eigenvalue weighted by molar-refractivity contribution is 0.0328. The van der Waals surface area contributed by atoms with Gasteiger partial charge in [0.25, 0.3) is 0 Å². The Hall–Kier alpha value is -1.55. The fraction of sp³-hybridized carbons (Fsp3) is 0.294. The van der Waals surface area contributed by atoms with Crippen LogP contribution in [0, 0.1) is 0 Å². The third-order valence-electron chi connectivity index (χ3n) is 3.98. The highest BCUT2D eigenvalue weighted by atomic mass is 35.5. The number of nitrogens with zero attached hydrogens (tertiary/aromatic N) is 1. The van der Waals surface area contributed by atoms with E-state index in [0.717, 1.165) is 22.8 Å². The van der Waals surface area contributed by atoms with Crippen molar-refractivity contribution in [1.29, 1.82) is 0 Å². The average molecular weight is 304 g/mol. The summed E-state index contributed by atoms with van der Waals surface area (Å²) >= 11 is 5.62. The molecule has 1 aromatic heterocycles. The number of fused-ring (bicyclic) bond motifs is 3. The van der Waals surface area contributed by atoms with Crippen LogP contribution in [-0.4, -0.2) is 26.8 Å². The van der Waals surface area contributed by atoms with E-state index in [1.807, 2.05) is 30.3 Å². The number of para-hydroxylation sites is 1. The number of halogens is 1. The largest absolute Gasteiger partial charge is 0.389 e. The summed E-state index contributed by atoms with van der Waals surface area (Å²) in [7, 11) is 0. The highest BCUT2D eigenvalue weighted by Crippen LogP contribution is 2.31. The van der Waals surface area contributed by atoms with Gasteiger partial charge in [0.2, 0.25) is 0 Å². The molecule has 3 nitrogen and oxygen atoms in total. The maximum Gasteiger partial charge on any atom is 0.106 e. The summed E-state index contributed by atoms with van der Waals surface area (Å²) in [6.07, 6.45) is -1.92. The Morgan fingerprint density at radius 2 is 1.76 bits per heavy atom. The molecule has 0 aliphatic heterocycles. The van der Waals surface area contributed by atoms with Gasteiger partial charge in [-0.05, 0) is 30.7 Å². The topological polar surface area (TPSA) is 45.4 Å². The molecule has 4 heteroatoms. The van der Waals surface area contributed by atoms with Crippen molar-refractivity contribution >= 4 is 33.4 Å². The van der Waals surface area contributed by atoms with E-state index in [1.165, 1.54) is 5.52 Å². The normalized spacial score (nSPS) is 14.7. The number of aliphatic hydroxyl groups excluding tert-OH is 2. The first kappa shape index (κ1) is 14.4. The fourth-order valence-corrected chi connectivity index (χ4v) is 3.07. The van der Waals surface area contributed by atoms with Gasteiger partial charge in [-0.3, -0.25) is 0 Å². The predicted octanol–water partition coefficient (Wildman–Crippen LogP) is 3.45. The number of hydrogen-bond acceptors (Lipinski definition) is 2. The quantitative estimate of drug-likeness (QED) is 0.725. The summed E-state index contributed by atoms with van der Waals surface area (Å²) in [6.45, 7) is 3.00. The summed E-state index contributed by atoms with van der Waals surface area (Å²) in [4.78, 5) is 0. The van der Waals surface area contributed by atoms with Gasteiger partial charge < -0.3 is 14.8 Å². The van der Waals surface area contributed by atoms with Crippen LogP contribution in [-0.2, 0) is 6.54 Å². The molecule has 0 amide bonds. The van der Waals surface area contributed by atoms with Gasteiger partial charge in [-0.25, -0.2) is 0 Å². The summed E-state index contributed by atoms with van der Waals surface area (Å²) in [5.41, 5.74) is 3.00. The molecule has 2 unspecified atom stereocenters. The first-order valence-corrected chi connectivity index (χ1v) is 7.63. The maximum absolute atomic E-state index is 10.1. The van der Waals surface area contributed by atoms with Crippen LogP contribution in [0.2, 0.25) is 0 Å². The van der Waals surface area contributed by atoms with E-state index in [9.17, 15) is 10.2 Å². The van der Waals surface area contributed by atoms with Gasteiger partial charge >= 0.3 is 0 Å². The molecule has 0 saturated heterocycles. The average Bonchev–Trinajstić information content (AvgIpc) is 2.86. The van der Waals surface area contributed by atoms with Gasteiger partial charge in [-0.15, -0.1) is 11.6 Å². The predicted molar refractivity (Wildman–Crippen MR) is 86.8 cm³/mol. The van der Waals surface area contributed by atoms with E-state index in [2.05, 4.69) is 23.6 Å². The van der Waals surface area contributed by atoms with E-state index < -0.39 is 12.2 Å². The number of hydrogen-bond donors (Lipinski definition) is 2. The lowest BCUT2D eigenvalue weighted by atomic mass is 10.0. The Morgan fingerprint density at radius 3 is 2.48 bits per heavy atom. The molecule has 1 heterocycles. The molecule has 0 saturated carbocycles. The van der Waals surface area contributed by atoms with Crippen LogP contribution in [0.4, 0.5) is 0 Å². The Kier molecular flexibility index (Phi) is 3.89. The molecule has 2 aromatic carbocycles. The van der Waals surface area contributed by atoms with Crippen LogP contribution in [0.15, 0.2) is 42.5 Å². The second kappa shape index (κ2) is 5.68. The van der Waals surface area contributed by atoms with Crippen molar-refractivity contribution in [1.82, 2.24) is 4.57 Å². The Morgan fingerprint density at radius 1 is 1.05 bits per heavy atom. The first-order chi connectivity index (χ1) is 10.2. The number of benzene rings is 2. The van der Waals surface area contributed by atoms with Crippen LogP contribution < -0.4 is 0 Å². The second-order valence-corrected chi connectivity index (χ2v) is 5.51. The minimum Gasteiger partial charge on any atom is -0.389 e. The summed E-state index contributed by atoms with van der Waals surface area (Å²) in [6, 6.07) is 14.0. The zero-order chi connectivity index (χ0) is 15.0. The molecule has 110 valence electrons. The van der Waals surface area contributed by atoms with E-state index in [1.54, 1.807) is 0 Å². The number of alkyl halides is 1.